The Morgan fingerprint density at radius 1 is 1.17 bits per heavy atom. The highest BCUT2D eigenvalue weighted by Crippen LogP contribution is 2.44. The van der Waals surface area contributed by atoms with Crippen molar-refractivity contribution in [3.05, 3.63) is 40.0 Å². The summed E-state index contributed by atoms with van der Waals surface area (Å²) in [5.41, 5.74) is 0.726. The summed E-state index contributed by atoms with van der Waals surface area (Å²) in [4.78, 5) is 0. The number of hydrazone groups is 1. The van der Waals surface area contributed by atoms with Crippen LogP contribution in [0, 0.1) is 3.57 Å². The van der Waals surface area contributed by atoms with Crippen molar-refractivity contribution in [2.24, 2.45) is 5.10 Å². The zero-order valence-electron chi connectivity index (χ0n) is 11.7. The van der Waals surface area contributed by atoms with Crippen molar-refractivity contribution in [2.75, 3.05) is 6.61 Å². The summed E-state index contributed by atoms with van der Waals surface area (Å²) in [5, 5.41) is 2.76. The van der Waals surface area contributed by atoms with Crippen LogP contribution in [0.1, 0.15) is 5.56 Å². The Morgan fingerprint density at radius 2 is 1.79 bits per heavy atom. The lowest BCUT2D eigenvalue weighted by atomic mass is 10.2. The van der Waals surface area contributed by atoms with Crippen molar-refractivity contribution in [1.82, 2.24) is 5.43 Å². The Bertz CT molecular complexity index is 617. The normalized spacial score (nSPS) is 13.2. The standard InChI is InChI=1S/C13H10F7IN2O/c1-2-5-24-10-4-3-8(6-9(10)21)7-22-23-13(19,20)11(14,15)12(16,17)18/h2-4,6-7,23H,1,5H2/b22-7+. The lowest BCUT2D eigenvalue weighted by Gasteiger charge is -2.27. The van der Waals surface area contributed by atoms with E-state index in [2.05, 4.69) is 11.7 Å². The highest BCUT2D eigenvalue weighted by Gasteiger charge is 2.73. The number of hydrogen-bond donors (Lipinski definition) is 1. The van der Waals surface area contributed by atoms with E-state index in [1.54, 1.807) is 0 Å². The molecule has 11 heteroatoms. The number of nitrogens with zero attached hydrogens (tertiary/aromatic N) is 1. The van der Waals surface area contributed by atoms with Gasteiger partial charge in [0.2, 0.25) is 0 Å². The topological polar surface area (TPSA) is 33.6 Å². The van der Waals surface area contributed by atoms with Gasteiger partial charge < -0.3 is 4.74 Å². The van der Waals surface area contributed by atoms with E-state index in [0.29, 0.717) is 21.0 Å². The van der Waals surface area contributed by atoms with Crippen LogP contribution in [0.15, 0.2) is 36.0 Å². The second-order valence-electron chi connectivity index (χ2n) is 4.31. The van der Waals surface area contributed by atoms with Crippen molar-refractivity contribution in [2.45, 2.75) is 18.1 Å². The van der Waals surface area contributed by atoms with Crippen LogP contribution in [0.4, 0.5) is 30.7 Å². The number of alkyl halides is 7. The number of benzene rings is 1. The molecular weight excluding hydrogens is 460 g/mol. The van der Waals surface area contributed by atoms with E-state index in [-0.39, 0.29) is 12.2 Å². The van der Waals surface area contributed by atoms with Crippen molar-refractivity contribution in [1.29, 1.82) is 0 Å². The van der Waals surface area contributed by atoms with Gasteiger partial charge in [0.25, 0.3) is 0 Å². The molecule has 0 aromatic heterocycles. The summed E-state index contributed by atoms with van der Waals surface area (Å²) in [7, 11) is 0. The third-order valence-corrected chi connectivity index (χ3v) is 3.32. The van der Waals surface area contributed by atoms with Gasteiger partial charge in [-0.05, 0) is 46.4 Å². The van der Waals surface area contributed by atoms with Crippen LogP contribution in [0.3, 0.4) is 0 Å². The van der Waals surface area contributed by atoms with Gasteiger partial charge in [0.05, 0.1) is 9.78 Å². The van der Waals surface area contributed by atoms with Crippen LogP contribution in [-0.4, -0.2) is 31.0 Å². The highest BCUT2D eigenvalue weighted by atomic mass is 127. The molecule has 0 saturated heterocycles. The zero-order valence-corrected chi connectivity index (χ0v) is 13.8. The van der Waals surface area contributed by atoms with Gasteiger partial charge in [0, 0.05) is 0 Å². The molecule has 0 spiro atoms. The second kappa shape index (κ2) is 7.57. The summed E-state index contributed by atoms with van der Waals surface area (Å²) in [5.74, 6) is -5.82. The third kappa shape index (κ3) is 4.74. The Morgan fingerprint density at radius 3 is 2.29 bits per heavy atom. The van der Waals surface area contributed by atoms with Crippen LogP contribution in [-0.2, 0) is 0 Å². The van der Waals surface area contributed by atoms with E-state index >= 15 is 0 Å². The molecule has 0 aliphatic rings. The Kier molecular flexibility index (Phi) is 6.47. The molecule has 1 aromatic carbocycles. The molecule has 0 unspecified atom stereocenters. The van der Waals surface area contributed by atoms with Crippen LogP contribution >= 0.6 is 22.6 Å². The van der Waals surface area contributed by atoms with Crippen LogP contribution in [0.2, 0.25) is 0 Å². The summed E-state index contributed by atoms with van der Waals surface area (Å²) in [6.45, 7) is 3.68. The first-order chi connectivity index (χ1) is 10.9. The predicted molar refractivity (Wildman–Crippen MR) is 81.5 cm³/mol. The van der Waals surface area contributed by atoms with E-state index < -0.39 is 18.1 Å². The minimum atomic E-state index is -6.42. The minimum Gasteiger partial charge on any atom is -0.488 e. The van der Waals surface area contributed by atoms with Gasteiger partial charge in [-0.3, -0.25) is 0 Å². The number of nitrogens with one attached hydrogen (secondary N) is 1. The maximum absolute atomic E-state index is 13.0. The summed E-state index contributed by atoms with van der Waals surface area (Å²) < 4.78 is 92.8. The van der Waals surface area contributed by atoms with E-state index in [4.69, 9.17) is 4.74 Å². The number of halogens is 8. The molecule has 1 N–H and O–H groups in total. The molecule has 0 bridgehead atoms. The molecule has 0 amide bonds. The quantitative estimate of drug-likeness (QED) is 0.158. The SMILES string of the molecule is C=CCOc1ccc(/C=N/NC(F)(F)C(F)(F)C(F)(F)F)cc1I. The van der Waals surface area contributed by atoms with E-state index in [1.165, 1.54) is 24.3 Å². The maximum atomic E-state index is 13.0. The Hall–Kier alpha value is -1.53. The summed E-state index contributed by atoms with van der Waals surface area (Å²) in [6, 6.07) is -1.38. The largest absolute Gasteiger partial charge is 0.488 e. The van der Waals surface area contributed by atoms with Crippen LogP contribution in [0.5, 0.6) is 5.75 Å². The number of rotatable bonds is 7. The molecule has 0 heterocycles. The van der Waals surface area contributed by atoms with Gasteiger partial charge in [-0.25, -0.2) is 5.43 Å². The van der Waals surface area contributed by atoms with Crippen molar-refractivity contribution in [3.8, 4) is 5.75 Å². The molecule has 0 fully saturated rings. The fourth-order valence-corrected chi connectivity index (χ4v) is 1.99. The van der Waals surface area contributed by atoms with Gasteiger partial charge in [0.15, 0.2) is 0 Å². The van der Waals surface area contributed by atoms with Crippen molar-refractivity contribution >= 4 is 28.8 Å². The maximum Gasteiger partial charge on any atom is 0.462 e. The molecule has 0 radical (unpaired) electrons. The average Bonchev–Trinajstić information content (AvgIpc) is 2.45. The molecular formula is C13H10F7IN2O. The molecule has 0 saturated carbocycles. The molecule has 24 heavy (non-hydrogen) atoms. The van der Waals surface area contributed by atoms with Gasteiger partial charge in [-0.15, -0.1) is 0 Å². The van der Waals surface area contributed by atoms with Gasteiger partial charge in [0.1, 0.15) is 12.4 Å². The highest BCUT2D eigenvalue weighted by molar-refractivity contribution is 14.1. The zero-order chi connectivity index (χ0) is 18.6. The molecule has 0 aliphatic carbocycles. The van der Waals surface area contributed by atoms with E-state index in [0.717, 1.165) is 0 Å². The Labute approximate surface area is 145 Å². The Balaban J connectivity index is 2.83. The van der Waals surface area contributed by atoms with Gasteiger partial charge >= 0.3 is 18.1 Å². The minimum absolute atomic E-state index is 0.184. The monoisotopic (exact) mass is 470 g/mol. The van der Waals surface area contributed by atoms with Gasteiger partial charge in [-0.1, -0.05) is 12.7 Å². The molecule has 3 nitrogen and oxygen atoms in total. The number of hydrogen-bond acceptors (Lipinski definition) is 3. The lowest BCUT2D eigenvalue weighted by Crippen LogP contribution is -2.58. The first-order valence-corrected chi connectivity index (χ1v) is 7.16. The summed E-state index contributed by atoms with van der Waals surface area (Å²) >= 11 is 1.86. The average molecular weight is 470 g/mol. The molecule has 0 atom stereocenters. The first kappa shape index (κ1) is 20.5. The van der Waals surface area contributed by atoms with E-state index in [1.807, 2.05) is 22.6 Å². The molecule has 1 aromatic rings. The van der Waals surface area contributed by atoms with Gasteiger partial charge in [-0.2, -0.15) is 35.8 Å². The lowest BCUT2D eigenvalue weighted by molar-refractivity contribution is -0.361. The third-order valence-electron chi connectivity index (χ3n) is 2.48. The predicted octanol–water partition coefficient (Wildman–Crippen LogP) is 4.57. The molecule has 1 rings (SSSR count). The molecule has 0 aliphatic heterocycles. The second-order valence-corrected chi connectivity index (χ2v) is 5.47. The van der Waals surface area contributed by atoms with Crippen LogP contribution in [0.25, 0.3) is 0 Å². The summed E-state index contributed by atoms with van der Waals surface area (Å²) in [6.07, 6.45) is -4.24. The smallest absolute Gasteiger partial charge is 0.462 e. The molecule has 134 valence electrons. The van der Waals surface area contributed by atoms with Crippen molar-refractivity contribution < 1.29 is 35.5 Å². The van der Waals surface area contributed by atoms with Crippen molar-refractivity contribution in [3.63, 3.8) is 0 Å². The fraction of sp³-hybridized carbons (Fsp3) is 0.308. The first-order valence-electron chi connectivity index (χ1n) is 6.08. The fourth-order valence-electron chi connectivity index (χ4n) is 1.30. The van der Waals surface area contributed by atoms with Crippen LogP contribution < -0.4 is 10.2 Å². The number of ether oxygens (including phenoxy) is 1. The van der Waals surface area contributed by atoms with E-state index in [9.17, 15) is 30.7 Å².